The predicted octanol–water partition coefficient (Wildman–Crippen LogP) is 4.03. The van der Waals surface area contributed by atoms with Crippen molar-refractivity contribution in [2.45, 2.75) is 6.18 Å². The van der Waals surface area contributed by atoms with E-state index in [1.807, 2.05) is 0 Å². The average Bonchev–Trinajstić information content (AvgIpc) is 2.48. The largest absolute Gasteiger partial charge is 0.471 e. The van der Waals surface area contributed by atoms with Gasteiger partial charge in [-0.3, -0.25) is 14.9 Å². The topological polar surface area (TPSA) is 81.5 Å². The highest BCUT2D eigenvalue weighted by Gasteiger charge is 2.38. The third-order valence-electron chi connectivity index (χ3n) is 2.67. The predicted molar refractivity (Wildman–Crippen MR) is 74.3 cm³/mol. The van der Waals surface area contributed by atoms with Crippen LogP contribution >= 0.6 is 0 Å². The summed E-state index contributed by atoms with van der Waals surface area (Å²) in [5.41, 5.74) is -1.06. The molecule has 0 atom stereocenters. The van der Waals surface area contributed by atoms with Crippen LogP contribution in [-0.4, -0.2) is 17.0 Å². The lowest BCUT2D eigenvalue weighted by Gasteiger charge is -2.10. The van der Waals surface area contributed by atoms with Crippen LogP contribution in [0.2, 0.25) is 0 Å². The summed E-state index contributed by atoms with van der Waals surface area (Å²) in [7, 11) is 0. The maximum Gasteiger partial charge on any atom is 0.471 e. The van der Waals surface area contributed by atoms with Gasteiger partial charge in [0, 0.05) is 12.1 Å². The van der Waals surface area contributed by atoms with Crippen LogP contribution in [0.4, 0.5) is 28.9 Å². The first-order valence-corrected chi connectivity index (χ1v) is 6.26. The monoisotopic (exact) mass is 344 g/mol. The minimum absolute atomic E-state index is 0.102. The molecule has 6 nitrogen and oxygen atoms in total. The number of carbonyl (C=O) groups is 1. The molecule has 0 fully saturated rings. The summed E-state index contributed by atoms with van der Waals surface area (Å²) in [6, 6.07) is 7.26. The highest BCUT2D eigenvalue weighted by Crippen LogP contribution is 2.30. The number of nitrogens with zero attached hydrogens (tertiary/aromatic N) is 1. The van der Waals surface area contributed by atoms with Gasteiger partial charge >= 0.3 is 12.1 Å². The van der Waals surface area contributed by atoms with Gasteiger partial charge in [0.05, 0.1) is 16.7 Å². The second-order valence-electron chi connectivity index (χ2n) is 4.48. The first-order chi connectivity index (χ1) is 11.1. The van der Waals surface area contributed by atoms with Crippen molar-refractivity contribution in [3.8, 4) is 11.5 Å². The third kappa shape index (κ3) is 4.41. The van der Waals surface area contributed by atoms with Crippen molar-refractivity contribution in [3.05, 3.63) is 58.4 Å². The Morgan fingerprint density at radius 2 is 1.71 bits per heavy atom. The Labute approximate surface area is 131 Å². The highest BCUT2D eigenvalue weighted by atomic mass is 19.4. The zero-order valence-corrected chi connectivity index (χ0v) is 11.6. The Balaban J connectivity index is 2.32. The van der Waals surface area contributed by atoms with Crippen LogP contribution in [0, 0.1) is 15.9 Å². The number of amides is 1. The molecule has 0 radical (unpaired) electrons. The summed E-state index contributed by atoms with van der Waals surface area (Å²) in [5, 5.41) is 12.4. The smallest absolute Gasteiger partial charge is 0.457 e. The fourth-order valence-corrected chi connectivity index (χ4v) is 1.66. The summed E-state index contributed by atoms with van der Waals surface area (Å²) < 4.78 is 54.8. The second-order valence-corrected chi connectivity index (χ2v) is 4.48. The number of hydrogen-bond acceptors (Lipinski definition) is 4. The van der Waals surface area contributed by atoms with Gasteiger partial charge < -0.3 is 10.1 Å². The van der Waals surface area contributed by atoms with Crippen LogP contribution in [0.5, 0.6) is 11.5 Å². The van der Waals surface area contributed by atoms with E-state index >= 15 is 0 Å². The van der Waals surface area contributed by atoms with Gasteiger partial charge in [-0.05, 0) is 24.3 Å². The molecule has 0 spiro atoms. The molecule has 0 aromatic heterocycles. The zero-order valence-electron chi connectivity index (χ0n) is 11.6. The number of non-ortho nitro benzene ring substituents is 1. The van der Waals surface area contributed by atoms with Gasteiger partial charge in [-0.25, -0.2) is 4.39 Å². The number of halogens is 4. The molecule has 0 bridgehead atoms. The van der Waals surface area contributed by atoms with E-state index in [4.69, 9.17) is 4.74 Å². The quantitative estimate of drug-likeness (QED) is 0.516. The Hall–Kier alpha value is -3.17. The Kier molecular flexibility index (Phi) is 4.67. The van der Waals surface area contributed by atoms with Gasteiger partial charge in [-0.2, -0.15) is 13.2 Å². The number of rotatable bonds is 4. The molecule has 0 aliphatic heterocycles. The van der Waals surface area contributed by atoms with Crippen LogP contribution in [0.15, 0.2) is 42.5 Å². The molecule has 1 N–H and O–H groups in total. The molecule has 0 saturated carbocycles. The van der Waals surface area contributed by atoms with Crippen molar-refractivity contribution in [2.75, 3.05) is 5.32 Å². The standard InChI is InChI=1S/C14H8F4N2O4/c15-8-1-3-11(4-2-8)24-12-6-9(5-10(7-12)20(22)23)19-13(21)14(16,17)18/h1-7H,(H,19,21). The Morgan fingerprint density at radius 1 is 1.08 bits per heavy atom. The molecule has 1 amide bonds. The molecule has 0 heterocycles. The van der Waals surface area contributed by atoms with E-state index in [0.717, 1.165) is 30.3 Å². The summed E-state index contributed by atoms with van der Waals surface area (Å²) in [4.78, 5) is 20.9. The number of benzene rings is 2. The van der Waals surface area contributed by atoms with Crippen molar-refractivity contribution in [3.63, 3.8) is 0 Å². The van der Waals surface area contributed by atoms with Crippen LogP contribution in [0.25, 0.3) is 0 Å². The van der Waals surface area contributed by atoms with E-state index in [2.05, 4.69) is 0 Å². The molecular weight excluding hydrogens is 336 g/mol. The minimum atomic E-state index is -5.15. The van der Waals surface area contributed by atoms with Gasteiger partial charge in [-0.1, -0.05) is 0 Å². The molecule has 10 heteroatoms. The first kappa shape index (κ1) is 17.2. The zero-order chi connectivity index (χ0) is 17.9. The van der Waals surface area contributed by atoms with E-state index in [9.17, 15) is 32.5 Å². The van der Waals surface area contributed by atoms with E-state index < -0.39 is 34.2 Å². The van der Waals surface area contributed by atoms with Gasteiger partial charge in [0.25, 0.3) is 5.69 Å². The molecule has 0 saturated heterocycles. The SMILES string of the molecule is O=C(Nc1cc(Oc2ccc(F)cc2)cc([N+](=O)[O-])c1)C(F)(F)F. The van der Waals surface area contributed by atoms with Crippen LogP contribution in [0.3, 0.4) is 0 Å². The number of nitrogens with one attached hydrogen (secondary N) is 1. The molecule has 2 aromatic rings. The summed E-state index contributed by atoms with van der Waals surface area (Å²) in [5.74, 6) is -2.92. The lowest BCUT2D eigenvalue weighted by molar-refractivity contribution is -0.384. The highest BCUT2D eigenvalue weighted by molar-refractivity contribution is 5.95. The maximum atomic E-state index is 12.8. The van der Waals surface area contributed by atoms with E-state index in [1.165, 1.54) is 17.4 Å². The number of carbonyl (C=O) groups excluding carboxylic acids is 1. The Morgan fingerprint density at radius 3 is 2.25 bits per heavy atom. The van der Waals surface area contributed by atoms with Crippen molar-refractivity contribution in [1.82, 2.24) is 0 Å². The fourth-order valence-electron chi connectivity index (χ4n) is 1.66. The fraction of sp³-hybridized carbons (Fsp3) is 0.0714. The third-order valence-corrected chi connectivity index (χ3v) is 2.67. The molecular formula is C14H8F4N2O4. The maximum absolute atomic E-state index is 12.8. The number of anilines is 1. The molecule has 0 aliphatic rings. The molecule has 2 aromatic carbocycles. The second kappa shape index (κ2) is 6.52. The average molecular weight is 344 g/mol. The minimum Gasteiger partial charge on any atom is -0.457 e. The summed E-state index contributed by atoms with van der Waals surface area (Å²) in [6.07, 6.45) is -5.15. The number of alkyl halides is 3. The first-order valence-electron chi connectivity index (χ1n) is 6.26. The number of ether oxygens (including phenoxy) is 1. The van der Waals surface area contributed by atoms with Gasteiger partial charge in [0.1, 0.15) is 17.3 Å². The van der Waals surface area contributed by atoms with E-state index in [1.54, 1.807) is 0 Å². The normalized spacial score (nSPS) is 11.0. The van der Waals surface area contributed by atoms with E-state index in [-0.39, 0.29) is 11.5 Å². The molecule has 0 unspecified atom stereocenters. The van der Waals surface area contributed by atoms with E-state index in [0.29, 0.717) is 0 Å². The van der Waals surface area contributed by atoms with Crippen molar-refractivity contribution in [1.29, 1.82) is 0 Å². The number of nitro benzene ring substituents is 1. The van der Waals surface area contributed by atoms with Crippen molar-refractivity contribution < 1.29 is 32.0 Å². The van der Waals surface area contributed by atoms with Crippen LogP contribution in [-0.2, 0) is 4.79 Å². The lowest BCUT2D eigenvalue weighted by atomic mass is 10.2. The Bertz CT molecular complexity index is 775. The number of nitro groups is 1. The van der Waals surface area contributed by atoms with Gasteiger partial charge in [0.15, 0.2) is 0 Å². The van der Waals surface area contributed by atoms with Gasteiger partial charge in [0.2, 0.25) is 0 Å². The molecule has 24 heavy (non-hydrogen) atoms. The van der Waals surface area contributed by atoms with Crippen LogP contribution < -0.4 is 10.1 Å². The summed E-state index contributed by atoms with van der Waals surface area (Å²) in [6.45, 7) is 0. The van der Waals surface area contributed by atoms with Crippen molar-refractivity contribution in [2.24, 2.45) is 0 Å². The molecule has 126 valence electrons. The summed E-state index contributed by atoms with van der Waals surface area (Å²) >= 11 is 0. The molecule has 0 aliphatic carbocycles. The lowest BCUT2D eigenvalue weighted by Crippen LogP contribution is -2.29. The van der Waals surface area contributed by atoms with Gasteiger partial charge in [-0.15, -0.1) is 0 Å². The number of hydrogen-bond donors (Lipinski definition) is 1. The van der Waals surface area contributed by atoms with Crippen molar-refractivity contribution >= 4 is 17.3 Å². The van der Waals surface area contributed by atoms with Crippen LogP contribution in [0.1, 0.15) is 0 Å². The molecule has 2 rings (SSSR count).